The van der Waals surface area contributed by atoms with Crippen molar-refractivity contribution in [3.05, 3.63) is 36.5 Å². The maximum atomic E-state index is 12.3. The summed E-state index contributed by atoms with van der Waals surface area (Å²) in [6.07, 6.45) is 35.8. The second kappa shape index (κ2) is 32.2. The maximum Gasteiger partial charge on any atom is 0.469 e. The Morgan fingerprint density at radius 2 is 1.00 bits per heavy atom. The molecule has 0 aromatic heterocycles. The van der Waals surface area contributed by atoms with Crippen molar-refractivity contribution in [3.8, 4) is 0 Å². The summed E-state index contributed by atoms with van der Waals surface area (Å²) < 4.78 is 26.2. The summed E-state index contributed by atoms with van der Waals surface area (Å²) in [5.74, 6) is -0.930. The molecule has 45 heavy (non-hydrogen) atoms. The lowest BCUT2D eigenvalue weighted by Crippen LogP contribution is -2.29. The molecule has 0 saturated heterocycles. The normalized spacial score (nSPS) is 12.9. The Morgan fingerprint density at radius 1 is 0.578 bits per heavy atom. The van der Waals surface area contributed by atoms with Crippen molar-refractivity contribution in [1.29, 1.82) is 0 Å². The van der Waals surface area contributed by atoms with E-state index in [9.17, 15) is 14.2 Å². The Labute approximate surface area is 274 Å². The summed E-state index contributed by atoms with van der Waals surface area (Å²) in [6.45, 7) is 3.60. The first-order valence-electron chi connectivity index (χ1n) is 17.8. The van der Waals surface area contributed by atoms with Crippen LogP contribution in [-0.2, 0) is 28.2 Å². The predicted molar refractivity (Wildman–Crippen MR) is 184 cm³/mol. The van der Waals surface area contributed by atoms with E-state index >= 15 is 0 Å². The Morgan fingerprint density at radius 3 is 1.53 bits per heavy atom. The molecular formula is C36H65O8P. The molecule has 0 aliphatic carbocycles. The summed E-state index contributed by atoms with van der Waals surface area (Å²) in [6, 6.07) is 0. The number of ether oxygens (including phenoxy) is 2. The Bertz CT molecular complexity index is 833. The van der Waals surface area contributed by atoms with Gasteiger partial charge in [-0.1, -0.05) is 134 Å². The largest absolute Gasteiger partial charge is 0.469 e. The van der Waals surface area contributed by atoms with Crippen molar-refractivity contribution in [3.63, 3.8) is 0 Å². The third kappa shape index (κ3) is 35.0. The molecule has 0 fully saturated rings. The molecular weight excluding hydrogens is 591 g/mol. The lowest BCUT2D eigenvalue weighted by atomic mass is 10.0. The van der Waals surface area contributed by atoms with Gasteiger partial charge in [0.25, 0.3) is 0 Å². The quantitative estimate of drug-likeness (QED) is 0.0318. The lowest BCUT2D eigenvalue weighted by molar-refractivity contribution is -0.161. The highest BCUT2D eigenvalue weighted by Gasteiger charge is 2.22. The minimum absolute atomic E-state index is 0.206. The van der Waals surface area contributed by atoms with Crippen LogP contribution < -0.4 is 0 Å². The van der Waals surface area contributed by atoms with Crippen LogP contribution in [-0.4, -0.2) is 41.0 Å². The van der Waals surface area contributed by atoms with Crippen LogP contribution in [0.15, 0.2) is 36.5 Å². The molecule has 0 rings (SSSR count). The lowest BCUT2D eigenvalue weighted by Gasteiger charge is -2.18. The van der Waals surface area contributed by atoms with Crippen LogP contribution in [0.1, 0.15) is 162 Å². The number of esters is 2. The molecule has 9 heteroatoms. The average molecular weight is 657 g/mol. The molecule has 0 aliphatic rings. The summed E-state index contributed by atoms with van der Waals surface area (Å²) in [4.78, 5) is 42.6. The number of unbranched alkanes of at least 4 members (excludes halogenated alkanes) is 16. The number of phosphoric ester groups is 1. The van der Waals surface area contributed by atoms with E-state index in [1.54, 1.807) is 0 Å². The molecule has 0 aromatic rings. The van der Waals surface area contributed by atoms with Crippen molar-refractivity contribution in [2.45, 2.75) is 168 Å². The third-order valence-corrected chi connectivity index (χ3v) is 7.90. The van der Waals surface area contributed by atoms with Gasteiger partial charge < -0.3 is 19.3 Å². The summed E-state index contributed by atoms with van der Waals surface area (Å²) in [5, 5.41) is 0. The van der Waals surface area contributed by atoms with Gasteiger partial charge in [0.15, 0.2) is 6.10 Å². The first kappa shape index (κ1) is 43.3. The van der Waals surface area contributed by atoms with E-state index in [1.807, 2.05) is 0 Å². The zero-order valence-corrected chi connectivity index (χ0v) is 29.4. The number of rotatable bonds is 32. The van der Waals surface area contributed by atoms with Gasteiger partial charge in [-0.25, -0.2) is 4.57 Å². The van der Waals surface area contributed by atoms with Crippen molar-refractivity contribution >= 4 is 19.8 Å². The zero-order chi connectivity index (χ0) is 33.3. The second-order valence-electron chi connectivity index (χ2n) is 11.8. The Balaban J connectivity index is 4.06. The standard InChI is InChI=1S/C36H65O8P/c1-3-5-7-9-11-13-15-17-18-19-21-22-24-26-28-30-35(37)42-32-34(33-43-45(39,40)41)44-36(38)31-29-27-25-23-20-16-14-12-10-8-6-4-2/h11,13,17-18,21-22,34H,3-10,12,14-16,19-20,23-33H2,1-2H3,(H2,39,40,41)/b13-11+,18-17+,22-21+/t34-/m1/s1. The van der Waals surface area contributed by atoms with E-state index in [0.717, 1.165) is 51.4 Å². The highest BCUT2D eigenvalue weighted by molar-refractivity contribution is 7.46. The molecule has 0 unspecified atom stereocenters. The number of hydrogen-bond donors (Lipinski definition) is 2. The minimum atomic E-state index is -4.75. The van der Waals surface area contributed by atoms with E-state index in [4.69, 9.17) is 19.3 Å². The first-order chi connectivity index (χ1) is 21.8. The van der Waals surface area contributed by atoms with Gasteiger partial charge in [0, 0.05) is 12.8 Å². The average Bonchev–Trinajstić information content (AvgIpc) is 3.00. The molecule has 8 nitrogen and oxygen atoms in total. The predicted octanol–water partition coefficient (Wildman–Crippen LogP) is 10.2. The molecule has 1 atom stereocenters. The number of hydrogen-bond acceptors (Lipinski definition) is 6. The minimum Gasteiger partial charge on any atom is -0.462 e. The van der Waals surface area contributed by atoms with Crippen molar-refractivity contribution in [1.82, 2.24) is 0 Å². The summed E-state index contributed by atoms with van der Waals surface area (Å²) in [5.41, 5.74) is 0. The van der Waals surface area contributed by atoms with E-state index in [1.165, 1.54) is 70.6 Å². The highest BCUT2D eigenvalue weighted by atomic mass is 31.2. The number of allylic oxidation sites excluding steroid dienone is 6. The molecule has 2 N–H and O–H groups in total. The van der Waals surface area contributed by atoms with Crippen LogP contribution in [0.3, 0.4) is 0 Å². The molecule has 0 spiro atoms. The van der Waals surface area contributed by atoms with Crippen molar-refractivity contribution < 1.29 is 37.9 Å². The molecule has 0 aliphatic heterocycles. The van der Waals surface area contributed by atoms with E-state index < -0.39 is 32.5 Å². The molecule has 0 aromatic carbocycles. The SMILES string of the molecule is CCCCC/C=C/C/C=C/C/C=C/CCCCC(=O)OC[C@H](COP(=O)(O)O)OC(=O)CCCCCCCCCCCCCC. The van der Waals surface area contributed by atoms with Crippen molar-refractivity contribution in [2.24, 2.45) is 0 Å². The van der Waals surface area contributed by atoms with Crippen LogP contribution in [0.5, 0.6) is 0 Å². The Hall–Kier alpha value is -1.73. The molecule has 262 valence electrons. The fourth-order valence-corrected chi connectivity index (χ4v) is 5.09. The van der Waals surface area contributed by atoms with Crippen molar-refractivity contribution in [2.75, 3.05) is 13.2 Å². The third-order valence-electron chi connectivity index (χ3n) is 7.41. The number of phosphoric acid groups is 1. The molecule has 0 heterocycles. The summed E-state index contributed by atoms with van der Waals surface area (Å²) >= 11 is 0. The zero-order valence-electron chi connectivity index (χ0n) is 28.5. The second-order valence-corrected chi connectivity index (χ2v) is 13.1. The fraction of sp³-hybridized carbons (Fsp3) is 0.778. The van der Waals surface area contributed by atoms with Crippen LogP contribution in [0.25, 0.3) is 0 Å². The smallest absolute Gasteiger partial charge is 0.462 e. The number of carbonyl (C=O) groups excluding carboxylic acids is 2. The van der Waals surface area contributed by atoms with Gasteiger partial charge >= 0.3 is 19.8 Å². The fourth-order valence-electron chi connectivity index (χ4n) is 4.73. The van der Waals surface area contributed by atoms with E-state index in [2.05, 4.69) is 54.8 Å². The van der Waals surface area contributed by atoms with E-state index in [0.29, 0.717) is 12.8 Å². The molecule has 0 saturated carbocycles. The van der Waals surface area contributed by atoms with Gasteiger partial charge in [0.1, 0.15) is 6.61 Å². The first-order valence-corrected chi connectivity index (χ1v) is 19.3. The molecule has 0 radical (unpaired) electrons. The van der Waals surface area contributed by atoms with Gasteiger partial charge in [-0.05, 0) is 51.4 Å². The highest BCUT2D eigenvalue weighted by Crippen LogP contribution is 2.35. The van der Waals surface area contributed by atoms with Gasteiger partial charge in [-0.15, -0.1) is 0 Å². The van der Waals surface area contributed by atoms with Crippen LogP contribution in [0.2, 0.25) is 0 Å². The van der Waals surface area contributed by atoms with Gasteiger partial charge in [-0.3, -0.25) is 14.1 Å². The van der Waals surface area contributed by atoms with Gasteiger partial charge in [0.2, 0.25) is 0 Å². The summed E-state index contributed by atoms with van der Waals surface area (Å²) in [7, 11) is -4.75. The molecule has 0 bridgehead atoms. The van der Waals surface area contributed by atoms with Crippen LogP contribution in [0.4, 0.5) is 0 Å². The van der Waals surface area contributed by atoms with Gasteiger partial charge in [0.05, 0.1) is 6.61 Å². The number of carbonyl (C=O) groups is 2. The topological polar surface area (TPSA) is 119 Å². The Kier molecular flexibility index (Phi) is 31.0. The van der Waals surface area contributed by atoms with E-state index in [-0.39, 0.29) is 19.4 Å². The van der Waals surface area contributed by atoms with Crippen LogP contribution in [0, 0.1) is 0 Å². The monoisotopic (exact) mass is 656 g/mol. The molecule has 0 amide bonds. The van der Waals surface area contributed by atoms with Gasteiger partial charge in [-0.2, -0.15) is 0 Å². The maximum absolute atomic E-state index is 12.3. The van der Waals surface area contributed by atoms with Crippen LogP contribution >= 0.6 is 7.82 Å².